The summed E-state index contributed by atoms with van der Waals surface area (Å²) >= 11 is 0. The molecule has 0 spiro atoms. The number of nitrogens with one attached hydrogen (secondary N) is 1. The highest BCUT2D eigenvalue weighted by Crippen LogP contribution is 2.19. The first-order valence-corrected chi connectivity index (χ1v) is 11.8. The van der Waals surface area contributed by atoms with E-state index in [-0.39, 0.29) is 17.7 Å². The molecular weight excluding hydrogens is 414 g/mol. The number of para-hydroxylation sites is 2. The van der Waals surface area contributed by atoms with Gasteiger partial charge in [0.05, 0.1) is 24.1 Å². The predicted octanol–water partition coefficient (Wildman–Crippen LogP) is 2.95. The molecule has 0 bridgehead atoms. The number of aryl methyl sites for hydroxylation is 1. The van der Waals surface area contributed by atoms with Gasteiger partial charge in [0.2, 0.25) is 5.91 Å². The summed E-state index contributed by atoms with van der Waals surface area (Å²) < 4.78 is 2.19. The van der Waals surface area contributed by atoms with Crippen molar-refractivity contribution < 1.29 is 9.59 Å². The van der Waals surface area contributed by atoms with E-state index in [0.717, 1.165) is 55.1 Å². The molecule has 0 atom stereocenters. The number of imidazole rings is 1. The van der Waals surface area contributed by atoms with Gasteiger partial charge in [-0.3, -0.25) is 19.4 Å². The van der Waals surface area contributed by atoms with Gasteiger partial charge in [-0.1, -0.05) is 42.5 Å². The zero-order valence-electron chi connectivity index (χ0n) is 19.5. The van der Waals surface area contributed by atoms with Gasteiger partial charge in [0, 0.05) is 50.7 Å². The van der Waals surface area contributed by atoms with Crippen molar-refractivity contribution in [2.75, 3.05) is 32.7 Å². The molecule has 0 saturated carbocycles. The average molecular weight is 448 g/mol. The predicted molar refractivity (Wildman–Crippen MR) is 130 cm³/mol. The number of Topliss-reactive ketones (excluding diaryl/α,β-unsaturated/α-hetero) is 1. The first-order valence-electron chi connectivity index (χ1n) is 11.8. The van der Waals surface area contributed by atoms with Crippen molar-refractivity contribution in [1.29, 1.82) is 0 Å². The van der Waals surface area contributed by atoms with Gasteiger partial charge in [0.25, 0.3) is 0 Å². The lowest BCUT2D eigenvalue weighted by Crippen LogP contribution is -2.49. The molecule has 2 aromatic carbocycles. The topological polar surface area (TPSA) is 70.5 Å². The van der Waals surface area contributed by atoms with E-state index in [1.165, 1.54) is 0 Å². The first kappa shape index (κ1) is 23.1. The molecule has 1 amide bonds. The first-order chi connectivity index (χ1) is 16.0. The number of ketones is 1. The summed E-state index contributed by atoms with van der Waals surface area (Å²) in [4.78, 5) is 34.2. The van der Waals surface area contributed by atoms with Gasteiger partial charge in [-0.15, -0.1) is 0 Å². The highest BCUT2D eigenvalue weighted by atomic mass is 16.2. The molecule has 7 nitrogen and oxygen atoms in total. The monoisotopic (exact) mass is 447 g/mol. The Kier molecular flexibility index (Phi) is 7.52. The molecule has 1 aromatic heterocycles. The summed E-state index contributed by atoms with van der Waals surface area (Å²) in [6, 6.07) is 17.8. The van der Waals surface area contributed by atoms with Crippen LogP contribution in [0.2, 0.25) is 0 Å². The van der Waals surface area contributed by atoms with E-state index < -0.39 is 0 Å². The Bertz CT molecular complexity index is 1080. The van der Waals surface area contributed by atoms with Gasteiger partial charge in [0.15, 0.2) is 5.78 Å². The molecule has 1 aliphatic rings. The normalized spacial score (nSPS) is 15.2. The number of carbonyl (C=O) groups excluding carboxylic acids is 2. The van der Waals surface area contributed by atoms with E-state index in [1.807, 2.05) is 62.4 Å². The Labute approximate surface area is 195 Å². The Hall–Kier alpha value is -3.03. The van der Waals surface area contributed by atoms with Gasteiger partial charge < -0.3 is 9.88 Å². The van der Waals surface area contributed by atoms with Crippen LogP contribution in [-0.4, -0.2) is 69.8 Å². The van der Waals surface area contributed by atoms with Crippen LogP contribution in [-0.2, 0) is 17.9 Å². The van der Waals surface area contributed by atoms with Crippen LogP contribution >= 0.6 is 0 Å². The number of hydrogen-bond acceptors (Lipinski definition) is 5. The number of benzene rings is 2. The summed E-state index contributed by atoms with van der Waals surface area (Å²) in [5.74, 6) is 1.22. The molecule has 0 aliphatic carbocycles. The Morgan fingerprint density at radius 1 is 0.939 bits per heavy atom. The summed E-state index contributed by atoms with van der Waals surface area (Å²) in [6.45, 7) is 9.26. The number of amides is 1. The summed E-state index contributed by atoms with van der Waals surface area (Å²) in [6.07, 6.45) is 0.441. The minimum absolute atomic E-state index is 0.0864. The number of piperazine rings is 1. The Balaban J connectivity index is 1.40. The van der Waals surface area contributed by atoms with Crippen molar-refractivity contribution in [3.63, 3.8) is 0 Å². The minimum Gasteiger partial charge on any atom is -0.353 e. The smallest absolute Gasteiger partial charge is 0.234 e. The molecule has 7 heteroatoms. The van der Waals surface area contributed by atoms with E-state index in [1.54, 1.807) is 0 Å². The third-order valence-electron chi connectivity index (χ3n) is 6.04. The van der Waals surface area contributed by atoms with Crippen LogP contribution in [0.4, 0.5) is 0 Å². The number of aromatic nitrogens is 2. The Morgan fingerprint density at radius 2 is 1.61 bits per heavy atom. The molecule has 4 rings (SSSR count). The van der Waals surface area contributed by atoms with Crippen molar-refractivity contribution in [2.45, 2.75) is 39.4 Å². The fourth-order valence-electron chi connectivity index (χ4n) is 4.35. The van der Waals surface area contributed by atoms with Crippen LogP contribution in [0.3, 0.4) is 0 Å². The molecule has 33 heavy (non-hydrogen) atoms. The highest BCUT2D eigenvalue weighted by molar-refractivity contribution is 5.96. The molecule has 1 aliphatic heterocycles. The molecule has 1 fully saturated rings. The van der Waals surface area contributed by atoms with E-state index in [2.05, 4.69) is 25.8 Å². The molecule has 0 unspecified atom stereocenters. The molecule has 3 aromatic rings. The maximum Gasteiger partial charge on any atom is 0.234 e. The lowest BCUT2D eigenvalue weighted by atomic mass is 10.1. The molecule has 174 valence electrons. The number of hydrogen-bond donors (Lipinski definition) is 1. The second-order valence-electron chi connectivity index (χ2n) is 8.98. The summed E-state index contributed by atoms with van der Waals surface area (Å²) in [5, 5.41) is 2.96. The largest absolute Gasteiger partial charge is 0.353 e. The second-order valence-corrected chi connectivity index (χ2v) is 8.98. The summed E-state index contributed by atoms with van der Waals surface area (Å²) in [5.41, 5.74) is 2.78. The molecular formula is C26H33N5O2. The maximum absolute atomic E-state index is 12.7. The van der Waals surface area contributed by atoms with Crippen LogP contribution in [0, 0.1) is 0 Å². The molecule has 0 radical (unpaired) electrons. The van der Waals surface area contributed by atoms with Gasteiger partial charge in [0.1, 0.15) is 5.82 Å². The van der Waals surface area contributed by atoms with Crippen LogP contribution in [0.5, 0.6) is 0 Å². The number of carbonyl (C=O) groups is 2. The van der Waals surface area contributed by atoms with Crippen molar-refractivity contribution in [2.24, 2.45) is 0 Å². The third kappa shape index (κ3) is 6.06. The van der Waals surface area contributed by atoms with Crippen molar-refractivity contribution >= 4 is 22.7 Å². The maximum atomic E-state index is 12.7. The second kappa shape index (κ2) is 10.7. The molecule has 1 N–H and O–H groups in total. The summed E-state index contributed by atoms with van der Waals surface area (Å²) in [7, 11) is 0. The van der Waals surface area contributed by atoms with Gasteiger partial charge >= 0.3 is 0 Å². The molecule has 2 heterocycles. The standard InChI is InChI=1S/C26H33N5O2/c1-20(2)27-26(33)19-30-16-14-29(15-17-30)18-25-28-22-10-6-7-11-23(22)31(25)13-12-24(32)21-8-4-3-5-9-21/h3-11,20H,12-19H2,1-2H3,(H,27,33). The van der Waals surface area contributed by atoms with Gasteiger partial charge in [-0.25, -0.2) is 4.98 Å². The zero-order valence-corrected chi connectivity index (χ0v) is 19.5. The number of fused-ring (bicyclic) bond motifs is 1. The van der Waals surface area contributed by atoms with Crippen molar-refractivity contribution in [3.8, 4) is 0 Å². The fraction of sp³-hybridized carbons (Fsp3) is 0.423. The van der Waals surface area contributed by atoms with Crippen LogP contribution < -0.4 is 5.32 Å². The van der Waals surface area contributed by atoms with Crippen molar-refractivity contribution in [3.05, 3.63) is 66.0 Å². The SMILES string of the molecule is CC(C)NC(=O)CN1CCN(Cc2nc3ccccc3n2CCC(=O)c2ccccc2)CC1. The van der Waals surface area contributed by atoms with Crippen LogP contribution in [0.15, 0.2) is 54.6 Å². The van der Waals surface area contributed by atoms with Crippen LogP contribution in [0.25, 0.3) is 11.0 Å². The lowest BCUT2D eigenvalue weighted by Gasteiger charge is -2.34. The van der Waals surface area contributed by atoms with Crippen molar-refractivity contribution in [1.82, 2.24) is 24.7 Å². The van der Waals surface area contributed by atoms with Crippen LogP contribution in [0.1, 0.15) is 36.5 Å². The average Bonchev–Trinajstić information content (AvgIpc) is 3.15. The van der Waals surface area contributed by atoms with E-state index in [4.69, 9.17) is 4.98 Å². The van der Waals surface area contributed by atoms with Gasteiger partial charge in [-0.2, -0.15) is 0 Å². The fourth-order valence-corrected chi connectivity index (χ4v) is 4.35. The highest BCUT2D eigenvalue weighted by Gasteiger charge is 2.21. The van der Waals surface area contributed by atoms with E-state index in [9.17, 15) is 9.59 Å². The zero-order chi connectivity index (χ0) is 23.2. The lowest BCUT2D eigenvalue weighted by molar-refractivity contribution is -0.123. The quantitative estimate of drug-likeness (QED) is 0.511. The van der Waals surface area contributed by atoms with E-state index in [0.29, 0.717) is 19.5 Å². The number of rotatable bonds is 9. The number of nitrogens with zero attached hydrogens (tertiary/aromatic N) is 4. The Morgan fingerprint density at radius 3 is 2.33 bits per heavy atom. The molecule has 1 saturated heterocycles. The van der Waals surface area contributed by atoms with Gasteiger partial charge in [-0.05, 0) is 26.0 Å². The minimum atomic E-state index is 0.0864. The van der Waals surface area contributed by atoms with E-state index >= 15 is 0 Å². The third-order valence-corrected chi connectivity index (χ3v) is 6.04.